The van der Waals surface area contributed by atoms with Gasteiger partial charge in [-0.2, -0.15) is 0 Å². The molecule has 3 rings (SSSR count). The van der Waals surface area contributed by atoms with Crippen LogP contribution in [0.1, 0.15) is 6.92 Å². The van der Waals surface area contributed by atoms with Gasteiger partial charge in [0.05, 0.1) is 19.4 Å². The minimum absolute atomic E-state index is 0.107. The largest absolute Gasteiger partial charge is 0.495 e. The maximum Gasteiger partial charge on any atom is 0.171 e. The van der Waals surface area contributed by atoms with Crippen LogP contribution in [0.4, 0.5) is 5.69 Å². The lowest BCUT2D eigenvalue weighted by Gasteiger charge is -2.17. The number of rotatable bonds is 5. The van der Waals surface area contributed by atoms with Crippen LogP contribution in [0.15, 0.2) is 40.8 Å². The van der Waals surface area contributed by atoms with Crippen LogP contribution in [0.3, 0.4) is 0 Å². The molecule has 24 heavy (non-hydrogen) atoms. The minimum Gasteiger partial charge on any atom is -0.495 e. The monoisotopic (exact) mass is 344 g/mol. The van der Waals surface area contributed by atoms with Crippen LogP contribution in [0.25, 0.3) is 21.9 Å². The van der Waals surface area contributed by atoms with Crippen LogP contribution in [-0.4, -0.2) is 32.0 Å². The second-order valence-corrected chi connectivity index (χ2v) is 6.01. The van der Waals surface area contributed by atoms with Crippen LogP contribution in [0.5, 0.6) is 5.75 Å². The number of ether oxygens (including phenoxy) is 2. The standard InChI is InChI=1S/C18H20N2O3S/c1-11(10-21-2)19-18(24)20-14-9-16-13(8-17(14)22-3)12-6-4-5-7-15(12)23-16/h4-9,11H,10H2,1-3H3,(H2,19,20,24). The van der Waals surface area contributed by atoms with Gasteiger partial charge in [0.25, 0.3) is 0 Å². The number of hydrogen-bond donors (Lipinski definition) is 2. The van der Waals surface area contributed by atoms with E-state index in [9.17, 15) is 0 Å². The van der Waals surface area contributed by atoms with Crippen LogP contribution >= 0.6 is 12.2 Å². The summed E-state index contributed by atoms with van der Waals surface area (Å²) in [5.41, 5.74) is 2.39. The van der Waals surface area contributed by atoms with E-state index in [2.05, 4.69) is 10.6 Å². The molecule has 1 unspecified atom stereocenters. The average Bonchev–Trinajstić information content (AvgIpc) is 2.91. The number of furan rings is 1. The van der Waals surface area contributed by atoms with E-state index in [4.69, 9.17) is 26.1 Å². The van der Waals surface area contributed by atoms with E-state index in [-0.39, 0.29) is 6.04 Å². The van der Waals surface area contributed by atoms with Gasteiger partial charge < -0.3 is 24.5 Å². The molecule has 126 valence electrons. The second-order valence-electron chi connectivity index (χ2n) is 5.60. The molecule has 0 aliphatic heterocycles. The molecule has 2 N–H and O–H groups in total. The third-order valence-electron chi connectivity index (χ3n) is 3.74. The lowest BCUT2D eigenvalue weighted by Crippen LogP contribution is -2.38. The zero-order valence-corrected chi connectivity index (χ0v) is 14.7. The molecular formula is C18H20N2O3S. The highest BCUT2D eigenvalue weighted by atomic mass is 32.1. The maximum absolute atomic E-state index is 5.91. The van der Waals surface area contributed by atoms with Gasteiger partial charge in [-0.15, -0.1) is 0 Å². The molecule has 0 saturated heterocycles. The number of thiocarbonyl (C=S) groups is 1. The molecule has 6 heteroatoms. The van der Waals surface area contributed by atoms with Crippen molar-refractivity contribution in [3.05, 3.63) is 36.4 Å². The molecule has 0 fully saturated rings. The number of para-hydroxylation sites is 1. The van der Waals surface area contributed by atoms with Crippen molar-refractivity contribution in [3.8, 4) is 5.75 Å². The number of hydrogen-bond acceptors (Lipinski definition) is 4. The summed E-state index contributed by atoms with van der Waals surface area (Å²) in [6.45, 7) is 2.57. The molecule has 0 radical (unpaired) electrons. The van der Waals surface area contributed by atoms with E-state index in [0.29, 0.717) is 17.5 Å². The first-order chi connectivity index (χ1) is 11.6. The molecule has 0 amide bonds. The van der Waals surface area contributed by atoms with Gasteiger partial charge in [0.2, 0.25) is 0 Å². The van der Waals surface area contributed by atoms with Gasteiger partial charge in [-0.3, -0.25) is 0 Å². The van der Waals surface area contributed by atoms with Gasteiger partial charge in [0.15, 0.2) is 5.11 Å². The van der Waals surface area contributed by atoms with Crippen LogP contribution in [-0.2, 0) is 4.74 Å². The highest BCUT2D eigenvalue weighted by Gasteiger charge is 2.13. The zero-order valence-electron chi connectivity index (χ0n) is 13.9. The molecule has 0 aliphatic carbocycles. The Labute approximate surface area is 145 Å². The number of methoxy groups -OCH3 is 2. The molecule has 0 aliphatic rings. The molecular weight excluding hydrogens is 324 g/mol. The fourth-order valence-corrected chi connectivity index (χ4v) is 3.00. The normalized spacial score (nSPS) is 12.3. The summed E-state index contributed by atoms with van der Waals surface area (Å²) < 4.78 is 16.5. The molecule has 1 atom stereocenters. The van der Waals surface area contributed by atoms with Gasteiger partial charge in [-0.25, -0.2) is 0 Å². The van der Waals surface area contributed by atoms with Crippen LogP contribution in [0.2, 0.25) is 0 Å². The first-order valence-electron chi connectivity index (χ1n) is 7.68. The first-order valence-corrected chi connectivity index (χ1v) is 8.09. The second kappa shape index (κ2) is 7.07. The third-order valence-corrected chi connectivity index (χ3v) is 3.96. The highest BCUT2D eigenvalue weighted by Crippen LogP contribution is 2.36. The highest BCUT2D eigenvalue weighted by molar-refractivity contribution is 7.80. The Morgan fingerprint density at radius 1 is 1.17 bits per heavy atom. The number of anilines is 1. The average molecular weight is 344 g/mol. The maximum atomic E-state index is 5.91. The molecule has 5 nitrogen and oxygen atoms in total. The van der Waals surface area contributed by atoms with Crippen molar-refractivity contribution in [2.75, 3.05) is 26.1 Å². The predicted molar refractivity (Wildman–Crippen MR) is 101 cm³/mol. The molecule has 0 saturated carbocycles. The summed E-state index contributed by atoms with van der Waals surface area (Å²) in [6.07, 6.45) is 0. The van der Waals surface area contributed by atoms with Crippen molar-refractivity contribution in [1.82, 2.24) is 5.32 Å². The molecule has 0 spiro atoms. The van der Waals surface area contributed by atoms with Crippen LogP contribution < -0.4 is 15.4 Å². The Morgan fingerprint density at radius 2 is 1.96 bits per heavy atom. The first kappa shape index (κ1) is 16.5. The lowest BCUT2D eigenvalue weighted by atomic mass is 10.1. The molecule has 0 bridgehead atoms. The van der Waals surface area contributed by atoms with E-state index >= 15 is 0 Å². The summed E-state index contributed by atoms with van der Waals surface area (Å²) >= 11 is 5.36. The van der Waals surface area contributed by atoms with E-state index < -0.39 is 0 Å². The number of fused-ring (bicyclic) bond motifs is 3. The van der Waals surface area contributed by atoms with Crippen molar-refractivity contribution >= 4 is 45.0 Å². The lowest BCUT2D eigenvalue weighted by molar-refractivity contribution is 0.179. The predicted octanol–water partition coefficient (Wildman–Crippen LogP) is 3.92. The number of nitrogens with one attached hydrogen (secondary N) is 2. The fraction of sp³-hybridized carbons (Fsp3) is 0.278. The Balaban J connectivity index is 1.92. The topological polar surface area (TPSA) is 55.7 Å². The summed E-state index contributed by atoms with van der Waals surface area (Å²) in [7, 11) is 3.30. The van der Waals surface area contributed by atoms with E-state index in [1.54, 1.807) is 14.2 Å². The Hall–Kier alpha value is -2.31. The van der Waals surface area contributed by atoms with Crippen molar-refractivity contribution in [3.63, 3.8) is 0 Å². The van der Waals surface area contributed by atoms with Gasteiger partial charge >= 0.3 is 0 Å². The zero-order chi connectivity index (χ0) is 17.1. The molecule has 2 aromatic carbocycles. The molecule has 3 aromatic rings. The van der Waals surface area contributed by atoms with Gasteiger partial charge in [-0.1, -0.05) is 18.2 Å². The van der Waals surface area contributed by atoms with Gasteiger partial charge in [0.1, 0.15) is 16.9 Å². The quantitative estimate of drug-likeness (QED) is 0.684. The summed E-state index contributed by atoms with van der Waals surface area (Å²) in [5, 5.41) is 8.91. The minimum atomic E-state index is 0.107. The Bertz CT molecular complexity index is 875. The van der Waals surface area contributed by atoms with Gasteiger partial charge in [-0.05, 0) is 31.3 Å². The smallest absolute Gasteiger partial charge is 0.171 e. The summed E-state index contributed by atoms with van der Waals surface area (Å²) in [6, 6.07) is 11.9. The third kappa shape index (κ3) is 3.29. The fourth-order valence-electron chi connectivity index (χ4n) is 2.69. The van der Waals surface area contributed by atoms with Crippen molar-refractivity contribution in [2.24, 2.45) is 0 Å². The van der Waals surface area contributed by atoms with Crippen molar-refractivity contribution < 1.29 is 13.9 Å². The molecule has 1 heterocycles. The van der Waals surface area contributed by atoms with Crippen molar-refractivity contribution in [2.45, 2.75) is 13.0 Å². The van der Waals surface area contributed by atoms with E-state index in [0.717, 1.165) is 27.6 Å². The Morgan fingerprint density at radius 3 is 2.71 bits per heavy atom. The van der Waals surface area contributed by atoms with E-state index in [1.807, 2.05) is 43.3 Å². The van der Waals surface area contributed by atoms with Gasteiger partial charge in [0, 0.05) is 30.0 Å². The number of benzene rings is 2. The van der Waals surface area contributed by atoms with Crippen LogP contribution in [0, 0.1) is 0 Å². The SMILES string of the molecule is COCC(C)NC(=S)Nc1cc2oc3ccccc3c2cc1OC. The van der Waals surface area contributed by atoms with E-state index in [1.165, 1.54) is 0 Å². The van der Waals surface area contributed by atoms with Crippen molar-refractivity contribution in [1.29, 1.82) is 0 Å². The molecule has 1 aromatic heterocycles. The summed E-state index contributed by atoms with van der Waals surface area (Å²) in [4.78, 5) is 0. The summed E-state index contributed by atoms with van der Waals surface area (Å²) in [5.74, 6) is 0.706. The Kier molecular flexibility index (Phi) is 4.87.